The molecule has 136 valence electrons. The highest BCUT2D eigenvalue weighted by molar-refractivity contribution is 6.30. The number of piperidine rings is 1. The second kappa shape index (κ2) is 7.11. The van der Waals surface area contributed by atoms with Gasteiger partial charge in [-0.1, -0.05) is 23.7 Å². The molecule has 0 spiro atoms. The van der Waals surface area contributed by atoms with E-state index in [0.29, 0.717) is 31.1 Å². The molecular formula is C19H21ClN4O2. The Hall–Kier alpha value is -2.34. The zero-order chi connectivity index (χ0) is 18.1. The van der Waals surface area contributed by atoms with Gasteiger partial charge in [-0.25, -0.2) is 0 Å². The van der Waals surface area contributed by atoms with Crippen molar-refractivity contribution >= 4 is 23.4 Å². The topological polar surface area (TPSA) is 69.3 Å². The van der Waals surface area contributed by atoms with Gasteiger partial charge in [-0.15, -0.1) is 0 Å². The Morgan fingerprint density at radius 2 is 1.96 bits per heavy atom. The molecule has 6 nitrogen and oxygen atoms in total. The van der Waals surface area contributed by atoms with E-state index in [1.165, 1.54) is 0 Å². The molecular weight excluding hydrogens is 352 g/mol. The van der Waals surface area contributed by atoms with E-state index in [-0.39, 0.29) is 18.4 Å². The van der Waals surface area contributed by atoms with Crippen molar-refractivity contribution in [2.24, 2.45) is 0 Å². The van der Waals surface area contributed by atoms with Gasteiger partial charge in [0.05, 0.1) is 12.2 Å². The van der Waals surface area contributed by atoms with Crippen LogP contribution in [0.4, 0.5) is 0 Å². The monoisotopic (exact) mass is 372 g/mol. The van der Waals surface area contributed by atoms with Gasteiger partial charge in [0, 0.05) is 54.3 Å². The summed E-state index contributed by atoms with van der Waals surface area (Å²) in [6, 6.07) is 7.55. The maximum atomic E-state index is 12.7. The number of carbonyl (C=O) groups excluding carboxylic acids is 2. The molecule has 1 fully saturated rings. The molecule has 26 heavy (non-hydrogen) atoms. The molecule has 0 aliphatic carbocycles. The smallest absolute Gasteiger partial charge is 0.242 e. The van der Waals surface area contributed by atoms with Crippen LogP contribution in [0.5, 0.6) is 0 Å². The average molecular weight is 373 g/mol. The van der Waals surface area contributed by atoms with Gasteiger partial charge in [0.15, 0.2) is 0 Å². The van der Waals surface area contributed by atoms with Crippen molar-refractivity contribution in [3.63, 3.8) is 0 Å². The van der Waals surface area contributed by atoms with E-state index in [2.05, 4.69) is 10.2 Å². The van der Waals surface area contributed by atoms with Crippen molar-refractivity contribution in [2.75, 3.05) is 19.6 Å². The summed E-state index contributed by atoms with van der Waals surface area (Å²) in [4.78, 5) is 28.2. The van der Waals surface area contributed by atoms with Gasteiger partial charge >= 0.3 is 0 Å². The number of likely N-dealkylation sites (tertiary alicyclic amines) is 1. The minimum atomic E-state index is 0.00848. The number of hydrogen-bond donors (Lipinski definition) is 1. The molecule has 1 aromatic heterocycles. The van der Waals surface area contributed by atoms with Gasteiger partial charge in [0.1, 0.15) is 0 Å². The first-order valence-corrected chi connectivity index (χ1v) is 9.37. The fourth-order valence-electron chi connectivity index (χ4n) is 3.65. The largest absolute Gasteiger partial charge is 0.336 e. The summed E-state index contributed by atoms with van der Waals surface area (Å²) in [6.07, 6.45) is 3.21. The Bertz CT molecular complexity index is 831. The Morgan fingerprint density at radius 1 is 1.15 bits per heavy atom. The first-order chi connectivity index (χ1) is 12.6. The Morgan fingerprint density at radius 3 is 2.73 bits per heavy atom. The van der Waals surface area contributed by atoms with Crippen molar-refractivity contribution in [2.45, 2.75) is 32.2 Å². The molecule has 2 amide bonds. The molecule has 1 saturated heterocycles. The van der Waals surface area contributed by atoms with Gasteiger partial charge < -0.3 is 9.80 Å². The van der Waals surface area contributed by atoms with Crippen LogP contribution >= 0.6 is 11.6 Å². The normalized spacial score (nSPS) is 17.3. The number of halogens is 1. The van der Waals surface area contributed by atoms with E-state index in [1.807, 2.05) is 29.2 Å². The van der Waals surface area contributed by atoms with Crippen LogP contribution in [0.25, 0.3) is 11.3 Å². The standard InChI is InChI=1S/C19H21ClN4O2/c20-14-6-4-13(5-7-14)19-15-11-24(10-8-16(15)21-22-19)18(26)12-23-9-2-1-3-17(23)25/h4-7H,1-3,8-12H2,(H,21,22). The summed E-state index contributed by atoms with van der Waals surface area (Å²) in [5.41, 5.74) is 3.97. The lowest BCUT2D eigenvalue weighted by Gasteiger charge is -2.31. The van der Waals surface area contributed by atoms with Crippen LogP contribution in [0.1, 0.15) is 30.5 Å². The number of amides is 2. The molecule has 0 bridgehead atoms. The van der Waals surface area contributed by atoms with E-state index >= 15 is 0 Å². The summed E-state index contributed by atoms with van der Waals surface area (Å²) in [7, 11) is 0. The summed E-state index contributed by atoms with van der Waals surface area (Å²) in [6.45, 7) is 2.04. The van der Waals surface area contributed by atoms with Crippen LogP contribution in [0.2, 0.25) is 5.02 Å². The van der Waals surface area contributed by atoms with E-state index in [0.717, 1.165) is 41.8 Å². The molecule has 2 aliphatic rings. The van der Waals surface area contributed by atoms with Crippen LogP contribution in [-0.2, 0) is 22.6 Å². The Labute approximate surface area is 157 Å². The van der Waals surface area contributed by atoms with Crippen LogP contribution in [0.3, 0.4) is 0 Å². The first-order valence-electron chi connectivity index (χ1n) is 8.99. The number of benzene rings is 1. The fraction of sp³-hybridized carbons (Fsp3) is 0.421. The molecule has 7 heteroatoms. The number of aromatic amines is 1. The number of aromatic nitrogens is 2. The lowest BCUT2D eigenvalue weighted by molar-refractivity contribution is -0.142. The van der Waals surface area contributed by atoms with Crippen LogP contribution in [0, 0.1) is 0 Å². The summed E-state index contributed by atoms with van der Waals surface area (Å²) < 4.78 is 0. The van der Waals surface area contributed by atoms with Crippen LogP contribution in [0.15, 0.2) is 24.3 Å². The minimum Gasteiger partial charge on any atom is -0.336 e. The van der Waals surface area contributed by atoms with Crippen molar-refractivity contribution in [3.8, 4) is 11.3 Å². The maximum absolute atomic E-state index is 12.7. The quantitative estimate of drug-likeness (QED) is 0.900. The molecule has 1 N–H and O–H groups in total. The zero-order valence-electron chi connectivity index (χ0n) is 14.5. The molecule has 0 saturated carbocycles. The Balaban J connectivity index is 1.50. The molecule has 0 atom stereocenters. The minimum absolute atomic E-state index is 0.00848. The van der Waals surface area contributed by atoms with Crippen molar-refractivity contribution in [3.05, 3.63) is 40.5 Å². The second-order valence-electron chi connectivity index (χ2n) is 6.87. The first kappa shape index (κ1) is 17.1. The number of nitrogens with zero attached hydrogens (tertiary/aromatic N) is 3. The molecule has 0 radical (unpaired) electrons. The maximum Gasteiger partial charge on any atom is 0.242 e. The Kier molecular flexibility index (Phi) is 4.68. The van der Waals surface area contributed by atoms with Crippen molar-refractivity contribution < 1.29 is 9.59 Å². The molecule has 4 rings (SSSR count). The third kappa shape index (κ3) is 3.33. The van der Waals surface area contributed by atoms with E-state index in [9.17, 15) is 9.59 Å². The third-order valence-electron chi connectivity index (χ3n) is 5.15. The van der Waals surface area contributed by atoms with E-state index in [4.69, 9.17) is 11.6 Å². The number of hydrogen-bond acceptors (Lipinski definition) is 3. The van der Waals surface area contributed by atoms with Gasteiger partial charge in [0.2, 0.25) is 11.8 Å². The molecule has 2 aliphatic heterocycles. The number of H-pyrrole nitrogens is 1. The predicted octanol–water partition coefficient (Wildman–Crippen LogP) is 2.63. The zero-order valence-corrected chi connectivity index (χ0v) is 15.3. The van der Waals surface area contributed by atoms with E-state index < -0.39 is 0 Å². The third-order valence-corrected chi connectivity index (χ3v) is 5.40. The highest BCUT2D eigenvalue weighted by Crippen LogP contribution is 2.29. The van der Waals surface area contributed by atoms with Gasteiger partial charge in [0.25, 0.3) is 0 Å². The van der Waals surface area contributed by atoms with Crippen LogP contribution in [-0.4, -0.2) is 51.4 Å². The summed E-state index contributed by atoms with van der Waals surface area (Å²) in [5, 5.41) is 8.23. The molecule has 3 heterocycles. The highest BCUT2D eigenvalue weighted by Gasteiger charge is 2.28. The number of rotatable bonds is 3. The lowest BCUT2D eigenvalue weighted by atomic mass is 10.0. The second-order valence-corrected chi connectivity index (χ2v) is 7.31. The van der Waals surface area contributed by atoms with Gasteiger partial charge in [-0.3, -0.25) is 14.7 Å². The van der Waals surface area contributed by atoms with Gasteiger partial charge in [-0.2, -0.15) is 5.10 Å². The number of fused-ring (bicyclic) bond motifs is 1. The van der Waals surface area contributed by atoms with Crippen molar-refractivity contribution in [1.82, 2.24) is 20.0 Å². The molecule has 0 unspecified atom stereocenters. The number of carbonyl (C=O) groups is 2. The lowest BCUT2D eigenvalue weighted by Crippen LogP contribution is -2.46. The van der Waals surface area contributed by atoms with Crippen molar-refractivity contribution in [1.29, 1.82) is 0 Å². The predicted molar refractivity (Wildman–Crippen MR) is 98.6 cm³/mol. The summed E-state index contributed by atoms with van der Waals surface area (Å²) in [5.74, 6) is 0.0987. The molecule has 1 aromatic carbocycles. The average Bonchev–Trinajstić information content (AvgIpc) is 3.07. The summed E-state index contributed by atoms with van der Waals surface area (Å²) >= 11 is 5.97. The fourth-order valence-corrected chi connectivity index (χ4v) is 3.77. The SMILES string of the molecule is O=C1CCCCN1CC(=O)N1CCc2[nH]nc(-c3ccc(Cl)cc3)c2C1. The van der Waals surface area contributed by atoms with E-state index in [1.54, 1.807) is 4.90 Å². The van der Waals surface area contributed by atoms with Crippen LogP contribution < -0.4 is 0 Å². The van der Waals surface area contributed by atoms with Gasteiger partial charge in [-0.05, 0) is 25.0 Å². The number of nitrogens with one attached hydrogen (secondary N) is 1. The molecule has 2 aromatic rings. The highest BCUT2D eigenvalue weighted by atomic mass is 35.5.